The van der Waals surface area contributed by atoms with Gasteiger partial charge in [-0.15, -0.1) is 0 Å². The topological polar surface area (TPSA) is 57.2 Å². The first kappa shape index (κ1) is 27.8. The van der Waals surface area contributed by atoms with Gasteiger partial charge in [0.15, 0.2) is 0 Å². The number of benzene rings is 4. The van der Waals surface area contributed by atoms with Gasteiger partial charge in [0.1, 0.15) is 0 Å². The quantitative estimate of drug-likeness (QED) is 0.238. The first-order chi connectivity index (χ1) is 19.3. The number of aliphatic hydroxyl groups excluding tert-OH is 1. The number of rotatable bonds is 12. The zero-order chi connectivity index (χ0) is 26.7. The Balaban J connectivity index is 1.38. The van der Waals surface area contributed by atoms with Gasteiger partial charge in [-0.2, -0.15) is 0 Å². The van der Waals surface area contributed by atoms with E-state index in [2.05, 4.69) is 12.1 Å². The van der Waals surface area contributed by atoms with Crippen LogP contribution in [0.1, 0.15) is 16.7 Å². The van der Waals surface area contributed by atoms with E-state index < -0.39 is 18.5 Å². The summed E-state index contributed by atoms with van der Waals surface area (Å²) in [5.74, 6) is 0. The average Bonchev–Trinajstić information content (AvgIpc) is 2.99. The molecule has 0 radical (unpaired) electrons. The van der Waals surface area contributed by atoms with E-state index in [1.807, 2.05) is 109 Å². The molecule has 1 fully saturated rings. The summed E-state index contributed by atoms with van der Waals surface area (Å²) in [5, 5.41) is 11.3. The molecule has 5 rings (SSSR count). The molecule has 4 aromatic carbocycles. The molecule has 0 bridgehead atoms. The molecule has 1 saturated heterocycles. The minimum absolute atomic E-state index is 0.105. The molecule has 5 atom stereocenters. The summed E-state index contributed by atoms with van der Waals surface area (Å²) in [7, 11) is 0. The van der Waals surface area contributed by atoms with E-state index in [1.54, 1.807) is 0 Å². The second-order valence-corrected chi connectivity index (χ2v) is 12.1. The Bertz CT molecular complexity index is 1230. The van der Waals surface area contributed by atoms with Crippen molar-refractivity contribution < 1.29 is 24.1 Å². The molecule has 0 unspecified atom stereocenters. The van der Waals surface area contributed by atoms with Crippen molar-refractivity contribution in [2.24, 2.45) is 0 Å². The van der Waals surface area contributed by atoms with Crippen LogP contribution in [0, 0.1) is 0 Å². The Morgan fingerprint density at radius 3 is 1.59 bits per heavy atom. The van der Waals surface area contributed by atoms with Crippen LogP contribution >= 0.6 is 0 Å². The van der Waals surface area contributed by atoms with Gasteiger partial charge < -0.3 is 0 Å². The molecule has 5 nitrogen and oxygen atoms in total. The Hall–Kier alpha value is -2.80. The molecule has 1 heterocycles. The Morgan fingerprint density at radius 2 is 1.05 bits per heavy atom. The molecule has 6 heteroatoms. The zero-order valence-corrected chi connectivity index (χ0v) is 23.5. The van der Waals surface area contributed by atoms with Crippen molar-refractivity contribution in [3.05, 3.63) is 138 Å². The van der Waals surface area contributed by atoms with Crippen LogP contribution in [0.25, 0.3) is 0 Å². The first-order valence-electron chi connectivity index (χ1n) is 13.2. The molecule has 39 heavy (non-hydrogen) atoms. The summed E-state index contributed by atoms with van der Waals surface area (Å²) in [6, 6.07) is 40.5. The third-order valence-electron chi connectivity index (χ3n) is 6.59. The van der Waals surface area contributed by atoms with E-state index in [0.717, 1.165) is 16.7 Å². The maximum absolute atomic E-state index is 11.3. The van der Waals surface area contributed by atoms with Crippen LogP contribution in [0.15, 0.2) is 121 Å². The summed E-state index contributed by atoms with van der Waals surface area (Å²) in [6.07, 6.45) is -2.30. The summed E-state index contributed by atoms with van der Waals surface area (Å²) >= 11 is -0.105. The molecule has 0 saturated carbocycles. The predicted molar refractivity (Wildman–Crippen MR) is 153 cm³/mol. The van der Waals surface area contributed by atoms with E-state index >= 15 is 0 Å². The Labute approximate surface area is 236 Å². The van der Waals surface area contributed by atoms with E-state index in [4.69, 9.17) is 18.9 Å². The SMILES string of the molecule is O[C@H]1O[C@H](COCc2ccccc2)[C@@H](OCc2ccccc2)[C@H](OCc2ccccc2)[C@H]1[Se]c1ccccc1. The molecule has 202 valence electrons. The molecule has 0 amide bonds. The van der Waals surface area contributed by atoms with Crippen LogP contribution in [0.5, 0.6) is 0 Å². The second-order valence-electron chi connectivity index (χ2n) is 9.48. The minimum atomic E-state index is -0.993. The van der Waals surface area contributed by atoms with Crippen LogP contribution in [-0.2, 0) is 38.8 Å². The van der Waals surface area contributed by atoms with Crippen molar-refractivity contribution >= 4 is 19.4 Å². The van der Waals surface area contributed by atoms with Crippen molar-refractivity contribution in [3.8, 4) is 0 Å². The Kier molecular flexibility index (Phi) is 10.4. The molecule has 1 aliphatic heterocycles. The summed E-state index contributed by atoms with van der Waals surface area (Å²) < 4.78 is 26.7. The van der Waals surface area contributed by atoms with Crippen molar-refractivity contribution in [2.45, 2.75) is 49.2 Å². The van der Waals surface area contributed by atoms with Gasteiger partial charge in [-0.05, 0) is 0 Å². The fourth-order valence-corrected chi connectivity index (χ4v) is 7.07. The molecule has 0 aromatic heterocycles. The monoisotopic (exact) mass is 590 g/mol. The van der Waals surface area contributed by atoms with Crippen molar-refractivity contribution in [1.29, 1.82) is 0 Å². The van der Waals surface area contributed by atoms with Gasteiger partial charge in [0.25, 0.3) is 0 Å². The van der Waals surface area contributed by atoms with Crippen molar-refractivity contribution in [2.75, 3.05) is 6.61 Å². The Morgan fingerprint density at radius 1 is 0.590 bits per heavy atom. The van der Waals surface area contributed by atoms with Gasteiger partial charge in [-0.25, -0.2) is 0 Å². The molecule has 0 aliphatic carbocycles. The summed E-state index contributed by atoms with van der Waals surface area (Å²) in [4.78, 5) is -0.255. The second kappa shape index (κ2) is 14.5. The van der Waals surface area contributed by atoms with Crippen LogP contribution in [0.4, 0.5) is 0 Å². The van der Waals surface area contributed by atoms with Crippen LogP contribution in [-0.4, -0.2) is 51.3 Å². The number of hydrogen-bond donors (Lipinski definition) is 1. The number of aliphatic hydroxyl groups is 1. The molecular formula is C33H34O5Se. The predicted octanol–water partition coefficient (Wildman–Crippen LogP) is 4.91. The van der Waals surface area contributed by atoms with Gasteiger partial charge in [-0.1, -0.05) is 0 Å². The van der Waals surface area contributed by atoms with Crippen LogP contribution in [0.2, 0.25) is 4.82 Å². The molecule has 0 spiro atoms. The first-order valence-corrected chi connectivity index (χ1v) is 15.1. The summed E-state index contributed by atoms with van der Waals surface area (Å²) in [6.45, 7) is 1.57. The van der Waals surface area contributed by atoms with E-state index in [-0.39, 0.29) is 32.5 Å². The van der Waals surface area contributed by atoms with E-state index in [9.17, 15) is 5.11 Å². The molecule has 4 aromatic rings. The number of hydrogen-bond acceptors (Lipinski definition) is 5. The van der Waals surface area contributed by atoms with Crippen molar-refractivity contribution in [1.82, 2.24) is 0 Å². The average molecular weight is 590 g/mol. The van der Waals surface area contributed by atoms with E-state index in [1.165, 1.54) is 4.46 Å². The maximum atomic E-state index is 11.3. The van der Waals surface area contributed by atoms with E-state index in [0.29, 0.717) is 19.8 Å². The van der Waals surface area contributed by atoms with Gasteiger partial charge in [0.05, 0.1) is 0 Å². The van der Waals surface area contributed by atoms with Crippen LogP contribution < -0.4 is 4.46 Å². The fourth-order valence-electron chi connectivity index (χ4n) is 4.60. The van der Waals surface area contributed by atoms with Gasteiger partial charge in [0.2, 0.25) is 0 Å². The standard InChI is InChI=1S/C33H34O5Se/c34-33-32(39-28-19-11-4-12-20-28)31(37-23-27-17-9-3-10-18-27)30(36-22-26-15-7-2-8-16-26)29(38-33)24-35-21-25-13-5-1-6-14-25/h1-20,29-34H,21-24H2/t29-,30-,31+,32-,33+/m1/s1. The van der Waals surface area contributed by atoms with Gasteiger partial charge in [0, 0.05) is 0 Å². The van der Waals surface area contributed by atoms with Gasteiger partial charge >= 0.3 is 237 Å². The molecule has 1 aliphatic rings. The normalized spacial score (nSPS) is 22.9. The molecular weight excluding hydrogens is 555 g/mol. The van der Waals surface area contributed by atoms with Crippen LogP contribution in [0.3, 0.4) is 0 Å². The third-order valence-corrected chi connectivity index (χ3v) is 9.35. The summed E-state index contributed by atoms with van der Waals surface area (Å²) in [5.41, 5.74) is 3.22. The zero-order valence-electron chi connectivity index (χ0n) is 21.8. The number of ether oxygens (including phenoxy) is 4. The fraction of sp³-hybridized carbons (Fsp3) is 0.273. The molecule has 1 N–H and O–H groups in total. The van der Waals surface area contributed by atoms with Gasteiger partial charge in [-0.3, -0.25) is 0 Å². The third kappa shape index (κ3) is 8.10. The van der Waals surface area contributed by atoms with Crippen molar-refractivity contribution in [3.63, 3.8) is 0 Å².